The van der Waals surface area contributed by atoms with Crippen LogP contribution < -0.4 is 0 Å². The van der Waals surface area contributed by atoms with E-state index in [4.69, 9.17) is 4.74 Å². The van der Waals surface area contributed by atoms with E-state index in [0.717, 1.165) is 25.7 Å². The number of hydrogen-bond acceptors (Lipinski definition) is 3. The van der Waals surface area contributed by atoms with E-state index < -0.39 is 0 Å². The quantitative estimate of drug-likeness (QED) is 0.731. The van der Waals surface area contributed by atoms with Crippen LogP contribution in [0.4, 0.5) is 0 Å². The van der Waals surface area contributed by atoms with Gasteiger partial charge >= 0.3 is 0 Å². The molecule has 0 aromatic rings. The van der Waals surface area contributed by atoms with Crippen LogP contribution in [0.15, 0.2) is 0 Å². The number of ketones is 1. The van der Waals surface area contributed by atoms with Crippen LogP contribution >= 0.6 is 0 Å². The largest absolute Gasteiger partial charge is 0.393 e. The molecule has 5 rings (SSSR count). The standard InChI is InChI=1S/C22H34O3/c1-12-9-17(13(2)23)20(3)7-6-16-15(19(12)20)10-18-22(25-18)8-5-14(24)11-21(16,22)4/h12,14-19,24H,5-11H2,1-4H3/t12-,14-,15+,16+,17-,18-,19+,20+,21+,22-/m0/s1. The summed E-state index contributed by atoms with van der Waals surface area (Å²) >= 11 is 0. The molecule has 1 N–H and O–H groups in total. The van der Waals surface area contributed by atoms with Gasteiger partial charge in [-0.1, -0.05) is 20.8 Å². The highest BCUT2D eigenvalue weighted by Crippen LogP contribution is 2.74. The zero-order valence-electron chi connectivity index (χ0n) is 16.3. The number of carbonyl (C=O) groups excluding carboxylic acids is 1. The van der Waals surface area contributed by atoms with Crippen molar-refractivity contribution in [2.75, 3.05) is 0 Å². The summed E-state index contributed by atoms with van der Waals surface area (Å²) in [5.74, 6) is 3.28. The van der Waals surface area contributed by atoms with Crippen LogP contribution in [0.5, 0.6) is 0 Å². The zero-order chi connectivity index (χ0) is 17.8. The lowest BCUT2D eigenvalue weighted by Crippen LogP contribution is -2.59. The molecule has 5 fully saturated rings. The fraction of sp³-hybridized carbons (Fsp3) is 0.955. The van der Waals surface area contributed by atoms with Gasteiger partial charge in [0.25, 0.3) is 0 Å². The monoisotopic (exact) mass is 346 g/mol. The van der Waals surface area contributed by atoms with E-state index >= 15 is 0 Å². The number of Topliss-reactive ketones (excluding diaryl/α,β-unsaturated/α-hetero) is 1. The summed E-state index contributed by atoms with van der Waals surface area (Å²) in [5.41, 5.74) is 0.390. The predicted molar refractivity (Wildman–Crippen MR) is 95.9 cm³/mol. The normalized spacial score (nSPS) is 62.4. The van der Waals surface area contributed by atoms with Crippen molar-refractivity contribution >= 4 is 5.78 Å². The zero-order valence-corrected chi connectivity index (χ0v) is 16.3. The van der Waals surface area contributed by atoms with Crippen LogP contribution in [0.3, 0.4) is 0 Å². The van der Waals surface area contributed by atoms with Crippen LogP contribution in [0.25, 0.3) is 0 Å². The van der Waals surface area contributed by atoms with Crippen LogP contribution in [0.1, 0.15) is 72.6 Å². The predicted octanol–water partition coefficient (Wildman–Crippen LogP) is 3.97. The molecule has 0 amide bonds. The van der Waals surface area contributed by atoms with Crippen molar-refractivity contribution in [1.82, 2.24) is 0 Å². The van der Waals surface area contributed by atoms with Gasteiger partial charge in [0, 0.05) is 11.3 Å². The Morgan fingerprint density at radius 2 is 1.92 bits per heavy atom. The van der Waals surface area contributed by atoms with E-state index in [0.29, 0.717) is 35.6 Å². The molecule has 5 aliphatic rings. The first-order valence-electron chi connectivity index (χ1n) is 10.6. The molecular weight excluding hydrogens is 312 g/mol. The van der Waals surface area contributed by atoms with Gasteiger partial charge in [-0.15, -0.1) is 0 Å². The van der Waals surface area contributed by atoms with E-state index in [9.17, 15) is 9.90 Å². The minimum atomic E-state index is -0.154. The Morgan fingerprint density at radius 1 is 1.16 bits per heavy atom. The lowest BCUT2D eigenvalue weighted by atomic mass is 9.44. The van der Waals surface area contributed by atoms with Gasteiger partial charge < -0.3 is 9.84 Å². The fourth-order valence-corrected chi connectivity index (χ4v) is 8.91. The number of aliphatic hydroxyl groups excluding tert-OH is 1. The van der Waals surface area contributed by atoms with Gasteiger partial charge in [-0.25, -0.2) is 0 Å². The Balaban J connectivity index is 1.53. The summed E-state index contributed by atoms with van der Waals surface area (Å²) in [6, 6.07) is 0. The van der Waals surface area contributed by atoms with E-state index in [1.807, 2.05) is 6.92 Å². The Hall–Kier alpha value is -0.410. The van der Waals surface area contributed by atoms with Gasteiger partial charge in [-0.05, 0) is 81.0 Å². The number of epoxide rings is 1. The molecule has 4 saturated carbocycles. The minimum absolute atomic E-state index is 0.0724. The second-order valence-electron chi connectivity index (χ2n) is 10.8. The molecule has 1 heterocycles. The summed E-state index contributed by atoms with van der Waals surface area (Å²) in [6.45, 7) is 9.04. The van der Waals surface area contributed by atoms with Crippen molar-refractivity contribution in [3.05, 3.63) is 0 Å². The van der Waals surface area contributed by atoms with Crippen molar-refractivity contribution in [2.45, 2.75) is 90.4 Å². The molecule has 0 bridgehead atoms. The van der Waals surface area contributed by atoms with Crippen LogP contribution in [-0.2, 0) is 9.53 Å². The summed E-state index contributed by atoms with van der Waals surface area (Å²) < 4.78 is 6.43. The van der Waals surface area contributed by atoms with Crippen LogP contribution in [-0.4, -0.2) is 28.7 Å². The highest BCUT2D eigenvalue weighted by molar-refractivity contribution is 5.79. The van der Waals surface area contributed by atoms with Crippen molar-refractivity contribution in [2.24, 2.45) is 40.4 Å². The van der Waals surface area contributed by atoms with Gasteiger partial charge in [-0.2, -0.15) is 0 Å². The first-order chi connectivity index (χ1) is 11.7. The molecule has 1 aliphatic heterocycles. The molecule has 10 atom stereocenters. The summed E-state index contributed by atoms with van der Waals surface area (Å²) in [7, 11) is 0. The molecule has 1 saturated heterocycles. The smallest absolute Gasteiger partial charge is 0.133 e. The molecule has 140 valence electrons. The average Bonchev–Trinajstić information content (AvgIpc) is 3.16. The first kappa shape index (κ1) is 16.7. The second kappa shape index (κ2) is 4.90. The number of aliphatic hydroxyl groups is 1. The Kier molecular flexibility index (Phi) is 3.28. The summed E-state index contributed by atoms with van der Waals surface area (Å²) in [5, 5.41) is 10.4. The highest BCUT2D eigenvalue weighted by atomic mass is 16.6. The lowest BCUT2D eigenvalue weighted by Gasteiger charge is -2.59. The molecule has 4 aliphatic carbocycles. The number of carbonyl (C=O) groups is 1. The number of hydrogen-bond donors (Lipinski definition) is 1. The Labute approximate surface area is 151 Å². The van der Waals surface area contributed by atoms with Gasteiger partial charge in [-0.3, -0.25) is 4.79 Å². The second-order valence-corrected chi connectivity index (χ2v) is 10.8. The SMILES string of the molecule is CC(=O)[C@@H]1C[C@H](C)[C@@H]2[C@@H]3C[C@@H]4O[C@@]45CC[C@H](O)C[C@]5(C)[C@@H]3CC[C@@]21C. The number of ether oxygens (including phenoxy) is 1. The molecule has 0 aromatic heterocycles. The van der Waals surface area contributed by atoms with Crippen LogP contribution in [0.2, 0.25) is 0 Å². The maximum atomic E-state index is 12.4. The third-order valence-electron chi connectivity index (χ3n) is 9.84. The molecule has 1 spiro atoms. The minimum Gasteiger partial charge on any atom is -0.393 e. The highest BCUT2D eigenvalue weighted by Gasteiger charge is 2.76. The summed E-state index contributed by atoms with van der Waals surface area (Å²) in [6.07, 6.45) is 7.81. The van der Waals surface area contributed by atoms with E-state index in [1.54, 1.807) is 0 Å². The first-order valence-corrected chi connectivity index (χ1v) is 10.6. The maximum absolute atomic E-state index is 12.4. The van der Waals surface area contributed by atoms with Gasteiger partial charge in [0.1, 0.15) is 11.4 Å². The topological polar surface area (TPSA) is 49.8 Å². The summed E-state index contributed by atoms with van der Waals surface area (Å²) in [4.78, 5) is 12.4. The van der Waals surface area contributed by atoms with Crippen molar-refractivity contribution in [1.29, 1.82) is 0 Å². The van der Waals surface area contributed by atoms with E-state index in [2.05, 4.69) is 20.8 Å². The number of fused-ring (bicyclic) bond motifs is 4. The third kappa shape index (κ3) is 1.87. The Morgan fingerprint density at radius 3 is 2.64 bits per heavy atom. The van der Waals surface area contributed by atoms with E-state index in [1.165, 1.54) is 19.3 Å². The third-order valence-corrected chi connectivity index (χ3v) is 9.84. The molecule has 25 heavy (non-hydrogen) atoms. The van der Waals surface area contributed by atoms with Gasteiger partial charge in [0.05, 0.1) is 12.2 Å². The van der Waals surface area contributed by atoms with Crippen molar-refractivity contribution in [3.8, 4) is 0 Å². The molecule has 3 nitrogen and oxygen atoms in total. The van der Waals surface area contributed by atoms with Crippen LogP contribution in [0, 0.1) is 40.4 Å². The van der Waals surface area contributed by atoms with Gasteiger partial charge in [0.2, 0.25) is 0 Å². The Bertz CT molecular complexity index is 616. The fourth-order valence-electron chi connectivity index (χ4n) is 8.91. The molecule has 0 aromatic carbocycles. The molecule has 3 heteroatoms. The van der Waals surface area contributed by atoms with Crippen molar-refractivity contribution < 1.29 is 14.6 Å². The molecule has 0 radical (unpaired) electrons. The lowest BCUT2D eigenvalue weighted by molar-refractivity contribution is -0.136. The average molecular weight is 347 g/mol. The van der Waals surface area contributed by atoms with E-state index in [-0.39, 0.29) is 28.5 Å². The molecular formula is C22H34O3. The maximum Gasteiger partial charge on any atom is 0.133 e. The van der Waals surface area contributed by atoms with Crippen molar-refractivity contribution in [3.63, 3.8) is 0 Å². The molecule has 0 unspecified atom stereocenters. The van der Waals surface area contributed by atoms with Gasteiger partial charge in [0.15, 0.2) is 0 Å². The number of rotatable bonds is 1.